The van der Waals surface area contributed by atoms with E-state index in [4.69, 9.17) is 5.73 Å². The van der Waals surface area contributed by atoms with Crippen LogP contribution < -0.4 is 5.73 Å². The first kappa shape index (κ1) is 15.1. The largest absolute Gasteiger partial charge is 0.341 e. The molecule has 1 aromatic rings. The molecule has 0 saturated heterocycles. The van der Waals surface area contributed by atoms with E-state index in [1.54, 1.807) is 16.7 Å². The second-order valence-corrected chi connectivity index (χ2v) is 5.22. The molecule has 0 aliphatic carbocycles. The van der Waals surface area contributed by atoms with E-state index in [1.807, 2.05) is 7.05 Å². The summed E-state index contributed by atoms with van der Waals surface area (Å²) >= 11 is 1.72. The number of hydrogen-bond acceptors (Lipinski definition) is 3. The van der Waals surface area contributed by atoms with Gasteiger partial charge in [0.15, 0.2) is 0 Å². The van der Waals surface area contributed by atoms with E-state index in [-0.39, 0.29) is 5.91 Å². The van der Waals surface area contributed by atoms with Crippen molar-refractivity contribution >= 4 is 17.7 Å². The van der Waals surface area contributed by atoms with Gasteiger partial charge in [0.25, 0.3) is 0 Å². The molecule has 0 unspecified atom stereocenters. The van der Waals surface area contributed by atoms with E-state index in [0.29, 0.717) is 19.5 Å². The first-order valence-corrected chi connectivity index (χ1v) is 7.47. The van der Waals surface area contributed by atoms with Crippen molar-refractivity contribution in [2.24, 2.45) is 5.73 Å². The highest BCUT2D eigenvalue weighted by atomic mass is 32.2. The van der Waals surface area contributed by atoms with Gasteiger partial charge in [-0.3, -0.25) is 4.79 Å². The highest BCUT2D eigenvalue weighted by Gasteiger charge is 2.08. The van der Waals surface area contributed by atoms with Gasteiger partial charge < -0.3 is 10.6 Å². The van der Waals surface area contributed by atoms with Crippen LogP contribution in [0.15, 0.2) is 29.2 Å². The third kappa shape index (κ3) is 5.10. The van der Waals surface area contributed by atoms with Crippen molar-refractivity contribution in [2.75, 3.05) is 19.8 Å². The molecule has 1 amide bonds. The van der Waals surface area contributed by atoms with E-state index in [1.165, 1.54) is 10.5 Å². The molecule has 0 spiro atoms. The van der Waals surface area contributed by atoms with Gasteiger partial charge in [0.2, 0.25) is 5.91 Å². The van der Waals surface area contributed by atoms with Crippen LogP contribution in [0.2, 0.25) is 0 Å². The second kappa shape index (κ2) is 8.16. The zero-order valence-electron chi connectivity index (χ0n) is 11.2. The van der Waals surface area contributed by atoms with Gasteiger partial charge in [-0.05, 0) is 43.3 Å². The molecule has 3 nitrogen and oxygen atoms in total. The van der Waals surface area contributed by atoms with Crippen molar-refractivity contribution in [1.29, 1.82) is 0 Å². The fourth-order valence-corrected chi connectivity index (χ4v) is 2.11. The summed E-state index contributed by atoms with van der Waals surface area (Å²) < 4.78 is 0. The van der Waals surface area contributed by atoms with Crippen LogP contribution in [-0.4, -0.2) is 30.7 Å². The quantitative estimate of drug-likeness (QED) is 0.609. The van der Waals surface area contributed by atoms with Gasteiger partial charge in [0.05, 0.1) is 0 Å². The predicted octanol–water partition coefficient (Wildman–Crippen LogP) is 2.50. The number of benzene rings is 1. The number of nitrogens with two attached hydrogens (primary N) is 1. The highest BCUT2D eigenvalue weighted by Crippen LogP contribution is 2.15. The van der Waals surface area contributed by atoms with Gasteiger partial charge in [0, 0.05) is 24.9 Å². The molecular weight excluding hydrogens is 244 g/mol. The Hall–Kier alpha value is -1.00. The smallest absolute Gasteiger partial charge is 0.222 e. The molecule has 1 aromatic carbocycles. The van der Waals surface area contributed by atoms with Crippen molar-refractivity contribution in [3.05, 3.63) is 29.8 Å². The Bertz CT molecular complexity index is 365. The van der Waals surface area contributed by atoms with Crippen LogP contribution in [0.3, 0.4) is 0 Å². The SMILES string of the molecule is CSc1ccc(CN(C)C(=O)CCCCN)cc1. The monoisotopic (exact) mass is 266 g/mol. The van der Waals surface area contributed by atoms with Gasteiger partial charge in [0.1, 0.15) is 0 Å². The van der Waals surface area contributed by atoms with Crippen molar-refractivity contribution < 1.29 is 4.79 Å². The minimum absolute atomic E-state index is 0.192. The molecule has 0 atom stereocenters. The summed E-state index contributed by atoms with van der Waals surface area (Å²) in [7, 11) is 1.85. The van der Waals surface area contributed by atoms with Crippen LogP contribution in [0.4, 0.5) is 0 Å². The minimum atomic E-state index is 0.192. The van der Waals surface area contributed by atoms with Crippen molar-refractivity contribution in [3.8, 4) is 0 Å². The first-order chi connectivity index (χ1) is 8.67. The van der Waals surface area contributed by atoms with Gasteiger partial charge in [-0.2, -0.15) is 0 Å². The number of nitrogens with zero attached hydrogens (tertiary/aromatic N) is 1. The van der Waals surface area contributed by atoms with E-state index in [2.05, 4.69) is 30.5 Å². The fourth-order valence-electron chi connectivity index (χ4n) is 1.70. The maximum atomic E-state index is 11.8. The maximum absolute atomic E-state index is 11.8. The molecular formula is C14H22N2OS. The number of rotatable bonds is 7. The zero-order chi connectivity index (χ0) is 13.4. The maximum Gasteiger partial charge on any atom is 0.222 e. The molecule has 1 rings (SSSR count). The number of carbonyl (C=O) groups excluding carboxylic acids is 1. The topological polar surface area (TPSA) is 46.3 Å². The molecule has 0 aromatic heterocycles. The third-order valence-electron chi connectivity index (χ3n) is 2.85. The molecule has 0 fully saturated rings. The molecule has 0 bridgehead atoms. The Morgan fingerprint density at radius 1 is 1.28 bits per heavy atom. The number of hydrogen-bond donors (Lipinski definition) is 1. The summed E-state index contributed by atoms with van der Waals surface area (Å²) in [6.07, 6.45) is 4.45. The minimum Gasteiger partial charge on any atom is -0.341 e. The van der Waals surface area contributed by atoms with Gasteiger partial charge in [-0.15, -0.1) is 11.8 Å². The number of amides is 1. The van der Waals surface area contributed by atoms with Crippen molar-refractivity contribution in [1.82, 2.24) is 4.90 Å². The lowest BCUT2D eigenvalue weighted by Gasteiger charge is -2.17. The van der Waals surface area contributed by atoms with Crippen LogP contribution in [0.5, 0.6) is 0 Å². The molecule has 2 N–H and O–H groups in total. The predicted molar refractivity (Wildman–Crippen MR) is 77.6 cm³/mol. The number of carbonyl (C=O) groups is 1. The van der Waals surface area contributed by atoms with Crippen LogP contribution >= 0.6 is 11.8 Å². The van der Waals surface area contributed by atoms with Crippen LogP contribution in [0, 0.1) is 0 Å². The zero-order valence-corrected chi connectivity index (χ0v) is 12.0. The lowest BCUT2D eigenvalue weighted by atomic mass is 10.2. The van der Waals surface area contributed by atoms with Crippen LogP contribution in [0.25, 0.3) is 0 Å². The van der Waals surface area contributed by atoms with E-state index in [9.17, 15) is 4.79 Å². The van der Waals surface area contributed by atoms with E-state index < -0.39 is 0 Å². The summed E-state index contributed by atoms with van der Waals surface area (Å²) in [6.45, 7) is 1.34. The number of unbranched alkanes of at least 4 members (excludes halogenated alkanes) is 1. The molecule has 0 aliphatic rings. The highest BCUT2D eigenvalue weighted by molar-refractivity contribution is 7.98. The second-order valence-electron chi connectivity index (χ2n) is 4.34. The molecule has 18 heavy (non-hydrogen) atoms. The standard InChI is InChI=1S/C14H22N2OS/c1-16(14(17)5-3-4-10-15)11-12-6-8-13(18-2)9-7-12/h6-9H,3-5,10-11,15H2,1-2H3. The van der Waals surface area contributed by atoms with E-state index in [0.717, 1.165) is 12.8 Å². The summed E-state index contributed by atoms with van der Waals surface area (Å²) in [5, 5.41) is 0. The molecule has 4 heteroatoms. The first-order valence-electron chi connectivity index (χ1n) is 6.24. The average molecular weight is 266 g/mol. The van der Waals surface area contributed by atoms with E-state index >= 15 is 0 Å². The van der Waals surface area contributed by atoms with Gasteiger partial charge >= 0.3 is 0 Å². The Morgan fingerprint density at radius 3 is 2.50 bits per heavy atom. The third-order valence-corrected chi connectivity index (χ3v) is 3.59. The Labute approximate surface area is 114 Å². The van der Waals surface area contributed by atoms with Crippen LogP contribution in [-0.2, 0) is 11.3 Å². The summed E-state index contributed by atoms with van der Waals surface area (Å²) in [5.74, 6) is 0.192. The Kier molecular flexibility index (Phi) is 6.83. The average Bonchev–Trinajstić information content (AvgIpc) is 2.39. The summed E-state index contributed by atoms with van der Waals surface area (Å²) in [5.41, 5.74) is 6.58. The Balaban J connectivity index is 2.42. The van der Waals surface area contributed by atoms with Gasteiger partial charge in [-0.1, -0.05) is 12.1 Å². The van der Waals surface area contributed by atoms with Crippen LogP contribution in [0.1, 0.15) is 24.8 Å². The molecule has 0 aliphatic heterocycles. The molecule has 0 heterocycles. The normalized spacial score (nSPS) is 10.4. The van der Waals surface area contributed by atoms with Crippen molar-refractivity contribution in [2.45, 2.75) is 30.7 Å². The van der Waals surface area contributed by atoms with Gasteiger partial charge in [-0.25, -0.2) is 0 Å². The molecule has 0 saturated carbocycles. The molecule has 0 radical (unpaired) electrons. The number of thioether (sulfide) groups is 1. The Morgan fingerprint density at radius 2 is 1.94 bits per heavy atom. The lowest BCUT2D eigenvalue weighted by molar-refractivity contribution is -0.130. The fraction of sp³-hybridized carbons (Fsp3) is 0.500. The summed E-state index contributed by atoms with van der Waals surface area (Å²) in [6, 6.07) is 8.34. The summed E-state index contributed by atoms with van der Waals surface area (Å²) in [4.78, 5) is 14.9. The molecule has 100 valence electrons. The van der Waals surface area contributed by atoms with Crippen molar-refractivity contribution in [3.63, 3.8) is 0 Å². The lowest BCUT2D eigenvalue weighted by Crippen LogP contribution is -2.26.